The van der Waals surface area contributed by atoms with Crippen molar-refractivity contribution in [1.29, 1.82) is 0 Å². The second kappa shape index (κ2) is 6.39. The Morgan fingerprint density at radius 1 is 1.36 bits per heavy atom. The van der Waals surface area contributed by atoms with Gasteiger partial charge in [-0.2, -0.15) is 4.31 Å². The number of hydrogen-bond acceptors (Lipinski definition) is 6. The Hall–Kier alpha value is -1.38. The Bertz CT molecular complexity index is 665. The van der Waals surface area contributed by atoms with Crippen LogP contribution < -0.4 is 5.32 Å². The Labute approximate surface area is 130 Å². The second-order valence-corrected chi connectivity index (χ2v) is 7.28. The van der Waals surface area contributed by atoms with E-state index in [2.05, 4.69) is 5.32 Å². The molecule has 7 nitrogen and oxygen atoms in total. The molecule has 1 aliphatic heterocycles. The first-order valence-electron chi connectivity index (χ1n) is 7.18. The third-order valence-corrected chi connectivity index (χ3v) is 6.00. The van der Waals surface area contributed by atoms with Gasteiger partial charge in [0.15, 0.2) is 0 Å². The molecule has 1 aromatic heterocycles. The van der Waals surface area contributed by atoms with Crippen LogP contribution >= 0.6 is 0 Å². The standard InChI is InChI=1S/C14H22N2O5S/c1-9-12(14(17)20-4)13(10(2)21-9)22(18,19)16-7-5-6-11(8-16)15-3/h11,15H,5-8H2,1-4H3. The molecule has 1 aliphatic rings. The van der Waals surface area contributed by atoms with E-state index in [1.54, 1.807) is 13.8 Å². The van der Waals surface area contributed by atoms with Crippen LogP contribution in [0, 0.1) is 13.8 Å². The van der Waals surface area contributed by atoms with Gasteiger partial charge in [-0.1, -0.05) is 0 Å². The van der Waals surface area contributed by atoms with Gasteiger partial charge in [-0.3, -0.25) is 0 Å². The summed E-state index contributed by atoms with van der Waals surface area (Å²) in [5.41, 5.74) is -0.00780. The molecule has 0 saturated carbocycles. The fraction of sp³-hybridized carbons (Fsp3) is 0.643. The molecule has 0 radical (unpaired) electrons. The fourth-order valence-electron chi connectivity index (χ4n) is 2.84. The molecule has 8 heteroatoms. The van der Waals surface area contributed by atoms with Gasteiger partial charge in [-0.25, -0.2) is 13.2 Å². The predicted molar refractivity (Wildman–Crippen MR) is 80.4 cm³/mol. The maximum absolute atomic E-state index is 13.0. The van der Waals surface area contributed by atoms with Crippen LogP contribution in [-0.4, -0.2) is 52.0 Å². The zero-order chi connectivity index (χ0) is 16.5. The lowest BCUT2D eigenvalue weighted by Gasteiger charge is -2.31. The highest BCUT2D eigenvalue weighted by Gasteiger charge is 2.37. The Balaban J connectivity index is 2.48. The van der Waals surface area contributed by atoms with Crippen LogP contribution in [0.1, 0.15) is 34.7 Å². The van der Waals surface area contributed by atoms with Crippen molar-refractivity contribution in [2.24, 2.45) is 0 Å². The molecule has 22 heavy (non-hydrogen) atoms. The molecule has 2 rings (SSSR count). The molecule has 1 N–H and O–H groups in total. The van der Waals surface area contributed by atoms with Crippen LogP contribution in [0.5, 0.6) is 0 Å². The lowest BCUT2D eigenvalue weighted by Crippen LogP contribution is -2.47. The van der Waals surface area contributed by atoms with E-state index < -0.39 is 16.0 Å². The minimum absolute atomic E-state index is 0.00780. The van der Waals surface area contributed by atoms with Crippen LogP contribution in [-0.2, 0) is 14.8 Å². The van der Waals surface area contributed by atoms with Crippen LogP contribution in [0.3, 0.4) is 0 Å². The van der Waals surface area contributed by atoms with E-state index in [9.17, 15) is 13.2 Å². The van der Waals surface area contributed by atoms with Gasteiger partial charge in [0.1, 0.15) is 22.0 Å². The summed E-state index contributed by atoms with van der Waals surface area (Å²) in [6.45, 7) is 3.92. The number of rotatable bonds is 4. The van der Waals surface area contributed by atoms with Crippen LogP contribution in [0.4, 0.5) is 0 Å². The van der Waals surface area contributed by atoms with Gasteiger partial charge >= 0.3 is 5.97 Å². The largest absolute Gasteiger partial charge is 0.465 e. The summed E-state index contributed by atoms with van der Waals surface area (Å²) in [6, 6.07) is 0.110. The topological polar surface area (TPSA) is 88.9 Å². The molecule has 1 fully saturated rings. The third kappa shape index (κ3) is 2.90. The summed E-state index contributed by atoms with van der Waals surface area (Å²) in [4.78, 5) is 11.9. The number of esters is 1. The number of carbonyl (C=O) groups is 1. The maximum Gasteiger partial charge on any atom is 0.342 e. The monoisotopic (exact) mass is 330 g/mol. The van der Waals surface area contributed by atoms with E-state index in [0.29, 0.717) is 13.1 Å². The normalized spacial score (nSPS) is 20.1. The van der Waals surface area contributed by atoms with Gasteiger partial charge in [0.2, 0.25) is 10.0 Å². The van der Waals surface area contributed by atoms with Crippen molar-refractivity contribution in [1.82, 2.24) is 9.62 Å². The molecule has 1 aromatic rings. The molecule has 2 heterocycles. The zero-order valence-electron chi connectivity index (χ0n) is 13.3. The Kier molecular flexibility index (Phi) is 4.93. The number of hydrogen-bond donors (Lipinski definition) is 1. The Morgan fingerprint density at radius 3 is 2.64 bits per heavy atom. The number of likely N-dealkylation sites (N-methyl/N-ethyl adjacent to an activating group) is 1. The van der Waals surface area contributed by atoms with Gasteiger partial charge < -0.3 is 14.5 Å². The van der Waals surface area contributed by atoms with E-state index in [1.807, 2.05) is 7.05 Å². The molecular formula is C14H22N2O5S. The number of nitrogens with one attached hydrogen (secondary N) is 1. The quantitative estimate of drug-likeness (QED) is 0.830. The van der Waals surface area contributed by atoms with E-state index in [0.717, 1.165) is 12.8 Å². The average Bonchev–Trinajstić information content (AvgIpc) is 2.81. The van der Waals surface area contributed by atoms with Crippen LogP contribution in [0.25, 0.3) is 0 Å². The summed E-state index contributed by atoms with van der Waals surface area (Å²) in [5, 5.41) is 3.10. The van der Waals surface area contributed by atoms with E-state index in [1.165, 1.54) is 11.4 Å². The van der Waals surface area contributed by atoms with Crippen molar-refractivity contribution in [2.75, 3.05) is 27.2 Å². The molecule has 0 aliphatic carbocycles. The summed E-state index contributed by atoms with van der Waals surface area (Å²) in [5.74, 6) is -0.232. The number of nitrogens with zero attached hydrogens (tertiary/aromatic N) is 1. The number of piperidine rings is 1. The van der Waals surface area contributed by atoms with Crippen molar-refractivity contribution >= 4 is 16.0 Å². The molecular weight excluding hydrogens is 308 g/mol. The fourth-order valence-corrected chi connectivity index (χ4v) is 4.73. The van der Waals surface area contributed by atoms with Crippen molar-refractivity contribution in [3.63, 3.8) is 0 Å². The van der Waals surface area contributed by atoms with Crippen LogP contribution in [0.2, 0.25) is 0 Å². The maximum atomic E-state index is 13.0. The van der Waals surface area contributed by atoms with Gasteiger partial charge in [-0.05, 0) is 33.7 Å². The molecule has 0 bridgehead atoms. The van der Waals surface area contributed by atoms with Gasteiger partial charge in [0, 0.05) is 19.1 Å². The number of carbonyl (C=O) groups excluding carboxylic acids is 1. The first-order chi connectivity index (χ1) is 10.3. The molecule has 124 valence electrons. The van der Waals surface area contributed by atoms with E-state index in [4.69, 9.17) is 9.15 Å². The first-order valence-corrected chi connectivity index (χ1v) is 8.62. The van der Waals surface area contributed by atoms with Crippen molar-refractivity contribution in [3.05, 3.63) is 17.1 Å². The highest BCUT2D eigenvalue weighted by molar-refractivity contribution is 7.89. The lowest BCUT2D eigenvalue weighted by molar-refractivity contribution is 0.0594. The number of ether oxygens (including phenoxy) is 1. The van der Waals surface area contributed by atoms with Gasteiger partial charge in [0.05, 0.1) is 7.11 Å². The van der Waals surface area contributed by atoms with Crippen molar-refractivity contribution < 1.29 is 22.4 Å². The van der Waals surface area contributed by atoms with E-state index in [-0.39, 0.29) is 28.0 Å². The number of aryl methyl sites for hydroxylation is 2. The minimum atomic E-state index is -3.80. The third-order valence-electron chi connectivity index (χ3n) is 3.98. The summed E-state index contributed by atoms with van der Waals surface area (Å²) >= 11 is 0. The van der Waals surface area contributed by atoms with Crippen molar-refractivity contribution in [3.8, 4) is 0 Å². The zero-order valence-corrected chi connectivity index (χ0v) is 14.1. The highest BCUT2D eigenvalue weighted by atomic mass is 32.2. The molecule has 0 spiro atoms. The molecule has 1 saturated heterocycles. The molecule has 1 atom stereocenters. The van der Waals surface area contributed by atoms with Crippen molar-refractivity contribution in [2.45, 2.75) is 37.6 Å². The van der Waals surface area contributed by atoms with Crippen LogP contribution in [0.15, 0.2) is 9.31 Å². The molecule has 0 aromatic carbocycles. The SMILES string of the molecule is CNC1CCCN(S(=O)(=O)c2c(C)oc(C)c2C(=O)OC)C1. The van der Waals surface area contributed by atoms with E-state index >= 15 is 0 Å². The van der Waals surface area contributed by atoms with Gasteiger partial charge in [-0.15, -0.1) is 0 Å². The Morgan fingerprint density at radius 2 is 2.05 bits per heavy atom. The summed E-state index contributed by atoms with van der Waals surface area (Å²) < 4.78 is 37.4. The second-order valence-electron chi connectivity index (χ2n) is 5.40. The summed E-state index contributed by atoms with van der Waals surface area (Å²) in [6.07, 6.45) is 1.70. The first kappa shape index (κ1) is 17.0. The smallest absolute Gasteiger partial charge is 0.342 e. The molecule has 1 unspecified atom stereocenters. The predicted octanol–water partition coefficient (Wildman–Crippen LogP) is 1.06. The molecule has 0 amide bonds. The lowest BCUT2D eigenvalue weighted by atomic mass is 10.1. The highest BCUT2D eigenvalue weighted by Crippen LogP contribution is 2.31. The number of sulfonamides is 1. The van der Waals surface area contributed by atoms with Gasteiger partial charge in [0.25, 0.3) is 0 Å². The number of methoxy groups -OCH3 is 1. The summed E-state index contributed by atoms with van der Waals surface area (Å²) in [7, 11) is -0.768. The minimum Gasteiger partial charge on any atom is -0.465 e. The average molecular weight is 330 g/mol. The number of furan rings is 1.